The molecular weight excluding hydrogens is 393 g/mol. The second kappa shape index (κ2) is 10.1. The zero-order chi connectivity index (χ0) is 20.6. The number of carbonyl (C=O) groups excluding carboxylic acids is 1. The summed E-state index contributed by atoms with van der Waals surface area (Å²) in [4.78, 5) is 20.7. The molecule has 3 rings (SSSR count). The Morgan fingerprint density at radius 1 is 1.03 bits per heavy atom. The highest BCUT2D eigenvalue weighted by Crippen LogP contribution is 2.20. The first kappa shape index (κ1) is 20.9. The van der Waals surface area contributed by atoms with E-state index in [9.17, 15) is 9.18 Å². The molecule has 0 unspecified atom stereocenters. The summed E-state index contributed by atoms with van der Waals surface area (Å²) in [5, 5.41) is 6.54. The summed E-state index contributed by atoms with van der Waals surface area (Å²) in [6.07, 6.45) is 0. The van der Waals surface area contributed by atoms with Crippen LogP contribution in [0.1, 0.15) is 10.4 Å². The second-order valence-corrected chi connectivity index (χ2v) is 7.04. The number of amides is 1. The van der Waals surface area contributed by atoms with Crippen molar-refractivity contribution >= 4 is 29.2 Å². The Morgan fingerprint density at radius 3 is 2.38 bits per heavy atom. The Bertz CT molecular complexity index is 868. The van der Waals surface area contributed by atoms with E-state index in [1.807, 2.05) is 11.0 Å². The van der Waals surface area contributed by atoms with Crippen LogP contribution in [-0.2, 0) is 0 Å². The highest BCUT2D eigenvalue weighted by molar-refractivity contribution is 6.33. The van der Waals surface area contributed by atoms with Crippen LogP contribution in [0, 0.1) is 5.82 Å². The first-order valence-electron chi connectivity index (χ1n) is 9.58. The third kappa shape index (κ3) is 5.38. The van der Waals surface area contributed by atoms with Gasteiger partial charge in [-0.2, -0.15) is 0 Å². The number of guanidine groups is 1. The molecule has 0 bridgehead atoms. The van der Waals surface area contributed by atoms with Crippen molar-refractivity contribution in [2.24, 2.45) is 4.99 Å². The molecule has 0 atom stereocenters. The van der Waals surface area contributed by atoms with E-state index >= 15 is 0 Å². The van der Waals surface area contributed by atoms with Gasteiger partial charge >= 0.3 is 0 Å². The molecule has 1 aliphatic rings. The van der Waals surface area contributed by atoms with Gasteiger partial charge in [0, 0.05) is 46.3 Å². The fourth-order valence-electron chi connectivity index (χ4n) is 3.29. The van der Waals surface area contributed by atoms with Gasteiger partial charge in [-0.25, -0.2) is 4.39 Å². The van der Waals surface area contributed by atoms with Crippen LogP contribution in [-0.4, -0.2) is 63.1 Å². The maximum absolute atomic E-state index is 14.0. The standard InChI is InChI=1S/C21H25ClFN5O/c1-24-21(26-11-10-25-20(29)16-6-2-3-7-17(16)22)28-14-12-27(13-15-28)19-9-5-4-8-18(19)23/h2-9H,10-15H2,1H3,(H,24,26)(H,25,29). The Kier molecular flexibility index (Phi) is 7.30. The predicted octanol–water partition coefficient (Wildman–Crippen LogP) is 2.61. The lowest BCUT2D eigenvalue weighted by atomic mass is 10.2. The first-order chi connectivity index (χ1) is 14.1. The predicted molar refractivity (Wildman–Crippen MR) is 115 cm³/mol. The van der Waals surface area contributed by atoms with Gasteiger partial charge in [0.1, 0.15) is 5.82 Å². The minimum atomic E-state index is -0.203. The number of para-hydroxylation sites is 1. The first-order valence-corrected chi connectivity index (χ1v) is 9.95. The van der Waals surface area contributed by atoms with Crippen molar-refractivity contribution in [3.05, 3.63) is 64.9 Å². The van der Waals surface area contributed by atoms with Crippen molar-refractivity contribution in [3.8, 4) is 0 Å². The van der Waals surface area contributed by atoms with E-state index < -0.39 is 0 Å². The molecule has 6 nitrogen and oxygen atoms in total. The molecule has 8 heteroatoms. The normalized spacial score (nSPS) is 14.7. The van der Waals surface area contributed by atoms with Crippen LogP contribution in [0.5, 0.6) is 0 Å². The largest absolute Gasteiger partial charge is 0.366 e. The molecule has 0 radical (unpaired) electrons. The summed E-state index contributed by atoms with van der Waals surface area (Å²) >= 11 is 6.04. The van der Waals surface area contributed by atoms with Crippen molar-refractivity contribution in [1.29, 1.82) is 0 Å². The van der Waals surface area contributed by atoms with Gasteiger partial charge in [0.2, 0.25) is 0 Å². The van der Waals surface area contributed by atoms with Crippen LogP contribution >= 0.6 is 11.6 Å². The van der Waals surface area contributed by atoms with E-state index in [0.717, 1.165) is 19.0 Å². The van der Waals surface area contributed by atoms with Gasteiger partial charge < -0.3 is 20.4 Å². The van der Waals surface area contributed by atoms with E-state index in [4.69, 9.17) is 11.6 Å². The Balaban J connectivity index is 1.44. The zero-order valence-corrected chi connectivity index (χ0v) is 17.1. The van der Waals surface area contributed by atoms with Gasteiger partial charge in [0.05, 0.1) is 16.3 Å². The smallest absolute Gasteiger partial charge is 0.252 e. The number of benzene rings is 2. The summed E-state index contributed by atoms with van der Waals surface area (Å²) in [5.41, 5.74) is 1.10. The molecule has 154 valence electrons. The lowest BCUT2D eigenvalue weighted by Gasteiger charge is -2.37. The minimum absolute atomic E-state index is 0.197. The number of aliphatic imine (C=N–C) groups is 1. The highest BCUT2D eigenvalue weighted by Gasteiger charge is 2.21. The van der Waals surface area contributed by atoms with Crippen LogP contribution in [0.3, 0.4) is 0 Å². The average Bonchev–Trinajstić information content (AvgIpc) is 2.75. The summed E-state index contributed by atoms with van der Waals surface area (Å²) < 4.78 is 14.0. The maximum atomic E-state index is 14.0. The number of piperazine rings is 1. The molecule has 2 N–H and O–H groups in total. The van der Waals surface area contributed by atoms with Gasteiger partial charge in [-0.1, -0.05) is 35.9 Å². The molecule has 0 aromatic heterocycles. The van der Waals surface area contributed by atoms with Crippen molar-refractivity contribution in [3.63, 3.8) is 0 Å². The van der Waals surface area contributed by atoms with Crippen LogP contribution in [0.4, 0.5) is 10.1 Å². The molecule has 2 aromatic rings. The van der Waals surface area contributed by atoms with Crippen molar-refractivity contribution in [2.75, 3.05) is 51.2 Å². The fraction of sp³-hybridized carbons (Fsp3) is 0.333. The Labute approximate surface area is 175 Å². The van der Waals surface area contributed by atoms with E-state index in [2.05, 4.69) is 20.5 Å². The van der Waals surface area contributed by atoms with E-state index in [1.54, 1.807) is 43.4 Å². The number of nitrogens with zero attached hydrogens (tertiary/aromatic N) is 3. The van der Waals surface area contributed by atoms with E-state index in [0.29, 0.717) is 42.5 Å². The zero-order valence-electron chi connectivity index (χ0n) is 16.4. The number of carbonyl (C=O) groups is 1. The molecule has 0 saturated carbocycles. The van der Waals surface area contributed by atoms with E-state index in [-0.39, 0.29) is 11.7 Å². The molecule has 0 spiro atoms. The molecule has 1 aliphatic heterocycles. The van der Waals surface area contributed by atoms with Gasteiger partial charge in [-0.05, 0) is 24.3 Å². The van der Waals surface area contributed by atoms with Crippen LogP contribution < -0.4 is 15.5 Å². The van der Waals surface area contributed by atoms with Crippen molar-refractivity contribution < 1.29 is 9.18 Å². The van der Waals surface area contributed by atoms with Crippen LogP contribution in [0.2, 0.25) is 5.02 Å². The molecule has 0 aliphatic carbocycles. The van der Waals surface area contributed by atoms with Gasteiger partial charge in [0.15, 0.2) is 5.96 Å². The monoisotopic (exact) mass is 417 g/mol. The summed E-state index contributed by atoms with van der Waals surface area (Å²) in [5.74, 6) is 0.369. The van der Waals surface area contributed by atoms with Crippen LogP contribution in [0.25, 0.3) is 0 Å². The van der Waals surface area contributed by atoms with Crippen LogP contribution in [0.15, 0.2) is 53.5 Å². The quantitative estimate of drug-likeness (QED) is 0.446. The fourth-order valence-corrected chi connectivity index (χ4v) is 3.51. The summed E-state index contributed by atoms with van der Waals surface area (Å²) in [7, 11) is 1.73. The number of anilines is 1. The minimum Gasteiger partial charge on any atom is -0.366 e. The highest BCUT2D eigenvalue weighted by atomic mass is 35.5. The lowest BCUT2D eigenvalue weighted by molar-refractivity contribution is 0.0954. The van der Waals surface area contributed by atoms with Crippen molar-refractivity contribution in [1.82, 2.24) is 15.5 Å². The summed E-state index contributed by atoms with van der Waals surface area (Å²) in [6, 6.07) is 13.8. The maximum Gasteiger partial charge on any atom is 0.252 e. The number of nitrogens with one attached hydrogen (secondary N) is 2. The number of hydrogen-bond donors (Lipinski definition) is 2. The molecule has 2 aromatic carbocycles. The third-order valence-electron chi connectivity index (χ3n) is 4.80. The molecule has 1 heterocycles. The lowest BCUT2D eigenvalue weighted by Crippen LogP contribution is -2.53. The summed E-state index contributed by atoms with van der Waals surface area (Å²) in [6.45, 7) is 3.88. The van der Waals surface area contributed by atoms with Gasteiger partial charge in [-0.15, -0.1) is 0 Å². The van der Waals surface area contributed by atoms with Gasteiger partial charge in [-0.3, -0.25) is 9.79 Å². The molecule has 1 amide bonds. The molecular formula is C21H25ClFN5O. The topological polar surface area (TPSA) is 60.0 Å². The molecule has 29 heavy (non-hydrogen) atoms. The van der Waals surface area contributed by atoms with Crippen molar-refractivity contribution in [2.45, 2.75) is 0 Å². The SMILES string of the molecule is CN=C(NCCNC(=O)c1ccccc1Cl)N1CCN(c2ccccc2F)CC1. The number of hydrogen-bond acceptors (Lipinski definition) is 3. The Morgan fingerprint density at radius 2 is 1.69 bits per heavy atom. The number of rotatable bonds is 5. The number of halogens is 2. The second-order valence-electron chi connectivity index (χ2n) is 6.64. The molecule has 1 saturated heterocycles. The van der Waals surface area contributed by atoms with Gasteiger partial charge in [0.25, 0.3) is 5.91 Å². The Hall–Kier alpha value is -2.80. The third-order valence-corrected chi connectivity index (χ3v) is 5.13. The van der Waals surface area contributed by atoms with E-state index in [1.165, 1.54) is 6.07 Å². The average molecular weight is 418 g/mol. The molecule has 1 fully saturated rings.